The van der Waals surface area contributed by atoms with E-state index in [9.17, 15) is 4.79 Å². The number of hydrogen-bond acceptors (Lipinski definition) is 2. The highest BCUT2D eigenvalue weighted by atomic mass is 16.3. The van der Waals surface area contributed by atoms with E-state index >= 15 is 0 Å². The third-order valence-electron chi connectivity index (χ3n) is 2.36. The number of allylic oxidation sites excluding steroid dienone is 2. The van der Waals surface area contributed by atoms with Gasteiger partial charge in [-0.25, -0.2) is 0 Å². The Bertz CT molecular complexity index is 163. The van der Waals surface area contributed by atoms with Crippen molar-refractivity contribution in [3.8, 4) is 0 Å². The molecule has 0 fully saturated rings. The van der Waals surface area contributed by atoms with E-state index in [0.717, 1.165) is 25.5 Å². The van der Waals surface area contributed by atoms with Crippen molar-refractivity contribution >= 4 is 6.29 Å². The van der Waals surface area contributed by atoms with E-state index in [1.165, 1.54) is 0 Å². The first-order chi connectivity index (χ1) is 5.33. The first kappa shape index (κ1) is 8.47. The molecule has 0 spiro atoms. The summed E-state index contributed by atoms with van der Waals surface area (Å²) in [5, 5.41) is 8.73. The Morgan fingerprint density at radius 1 is 1.55 bits per heavy atom. The Hall–Kier alpha value is -0.630. The fourth-order valence-corrected chi connectivity index (χ4v) is 1.52. The van der Waals surface area contributed by atoms with Gasteiger partial charge in [-0.15, -0.1) is 0 Å². The van der Waals surface area contributed by atoms with Crippen LogP contribution in [0.15, 0.2) is 12.2 Å². The smallest absolute Gasteiger partial charge is 0.126 e. The van der Waals surface area contributed by atoms with E-state index in [-0.39, 0.29) is 12.0 Å². The second kappa shape index (κ2) is 3.67. The van der Waals surface area contributed by atoms with Crippen LogP contribution in [-0.4, -0.2) is 18.0 Å². The van der Waals surface area contributed by atoms with Crippen molar-refractivity contribution in [1.29, 1.82) is 0 Å². The molecule has 2 heteroatoms. The zero-order chi connectivity index (χ0) is 8.16. The van der Waals surface area contributed by atoms with Gasteiger partial charge in [0.1, 0.15) is 6.29 Å². The Morgan fingerprint density at radius 2 is 2.36 bits per heavy atom. The summed E-state index contributed by atoms with van der Waals surface area (Å²) >= 11 is 0. The maximum absolute atomic E-state index is 10.7. The first-order valence-electron chi connectivity index (χ1n) is 4.05. The second-order valence-corrected chi connectivity index (χ2v) is 3.17. The van der Waals surface area contributed by atoms with Crippen molar-refractivity contribution in [2.75, 3.05) is 6.61 Å². The van der Waals surface area contributed by atoms with E-state index in [4.69, 9.17) is 5.11 Å². The molecule has 0 amide bonds. The van der Waals surface area contributed by atoms with Crippen LogP contribution in [0.2, 0.25) is 0 Å². The number of carbonyl (C=O) groups is 1. The standard InChI is InChI=1S/C9H14O2/c10-7-6-9(8-11)4-2-1-3-5-9/h1-2,8,10H,3-7H2. The number of hydrogen-bond donors (Lipinski definition) is 1. The number of aliphatic hydroxyl groups is 1. The number of aldehydes is 1. The van der Waals surface area contributed by atoms with Crippen LogP contribution >= 0.6 is 0 Å². The Morgan fingerprint density at radius 3 is 2.82 bits per heavy atom. The van der Waals surface area contributed by atoms with Crippen LogP contribution in [-0.2, 0) is 4.79 Å². The Kier molecular flexibility index (Phi) is 2.83. The number of aliphatic hydroxyl groups excluding tert-OH is 1. The fourth-order valence-electron chi connectivity index (χ4n) is 1.52. The third-order valence-corrected chi connectivity index (χ3v) is 2.36. The predicted octanol–water partition coefficient (Wildman–Crippen LogP) is 1.29. The van der Waals surface area contributed by atoms with Gasteiger partial charge in [-0.1, -0.05) is 12.2 Å². The average Bonchev–Trinajstić information content (AvgIpc) is 2.07. The van der Waals surface area contributed by atoms with Crippen LogP contribution < -0.4 is 0 Å². The zero-order valence-electron chi connectivity index (χ0n) is 6.62. The third kappa shape index (κ3) is 1.90. The van der Waals surface area contributed by atoms with Gasteiger partial charge in [0.25, 0.3) is 0 Å². The summed E-state index contributed by atoms with van der Waals surface area (Å²) in [6.45, 7) is 0.118. The van der Waals surface area contributed by atoms with E-state index in [1.54, 1.807) is 0 Å². The molecule has 0 aromatic carbocycles. The number of carbonyl (C=O) groups excluding carboxylic acids is 1. The molecule has 1 N–H and O–H groups in total. The van der Waals surface area contributed by atoms with E-state index in [0.29, 0.717) is 6.42 Å². The minimum absolute atomic E-state index is 0.118. The molecule has 0 aliphatic heterocycles. The lowest BCUT2D eigenvalue weighted by Crippen LogP contribution is -2.25. The Labute approximate surface area is 66.9 Å². The normalized spacial score (nSPS) is 30.3. The minimum Gasteiger partial charge on any atom is -0.396 e. The summed E-state index contributed by atoms with van der Waals surface area (Å²) in [5.74, 6) is 0. The van der Waals surface area contributed by atoms with Crippen molar-refractivity contribution < 1.29 is 9.90 Å². The van der Waals surface area contributed by atoms with Crippen LogP contribution in [0.1, 0.15) is 25.7 Å². The van der Waals surface area contributed by atoms with Crippen LogP contribution in [0.4, 0.5) is 0 Å². The molecule has 2 nitrogen and oxygen atoms in total. The Balaban J connectivity index is 2.59. The van der Waals surface area contributed by atoms with Crippen molar-refractivity contribution in [1.82, 2.24) is 0 Å². The largest absolute Gasteiger partial charge is 0.396 e. The first-order valence-corrected chi connectivity index (χ1v) is 4.05. The van der Waals surface area contributed by atoms with E-state index in [2.05, 4.69) is 6.08 Å². The summed E-state index contributed by atoms with van der Waals surface area (Å²) in [6, 6.07) is 0. The minimum atomic E-state index is -0.247. The van der Waals surface area contributed by atoms with Gasteiger partial charge >= 0.3 is 0 Å². The fraction of sp³-hybridized carbons (Fsp3) is 0.667. The topological polar surface area (TPSA) is 37.3 Å². The maximum Gasteiger partial charge on any atom is 0.126 e. The van der Waals surface area contributed by atoms with Gasteiger partial charge in [0, 0.05) is 12.0 Å². The summed E-state index contributed by atoms with van der Waals surface area (Å²) in [6.07, 6.45) is 8.42. The molecule has 0 radical (unpaired) electrons. The zero-order valence-corrected chi connectivity index (χ0v) is 6.62. The van der Waals surface area contributed by atoms with Crippen molar-refractivity contribution in [3.63, 3.8) is 0 Å². The lowest BCUT2D eigenvalue weighted by molar-refractivity contribution is -0.117. The summed E-state index contributed by atoms with van der Waals surface area (Å²) < 4.78 is 0. The molecule has 0 aromatic heterocycles. The lowest BCUT2D eigenvalue weighted by atomic mass is 9.76. The van der Waals surface area contributed by atoms with Crippen molar-refractivity contribution in [2.45, 2.75) is 25.7 Å². The highest BCUT2D eigenvalue weighted by molar-refractivity contribution is 5.60. The molecule has 1 atom stereocenters. The highest BCUT2D eigenvalue weighted by Gasteiger charge is 2.28. The summed E-state index contributed by atoms with van der Waals surface area (Å²) in [4.78, 5) is 10.7. The molecule has 0 heterocycles. The van der Waals surface area contributed by atoms with Crippen LogP contribution in [0.25, 0.3) is 0 Å². The van der Waals surface area contributed by atoms with Crippen molar-refractivity contribution in [3.05, 3.63) is 12.2 Å². The van der Waals surface area contributed by atoms with Gasteiger partial charge in [-0.2, -0.15) is 0 Å². The van der Waals surface area contributed by atoms with Gasteiger partial charge in [0.15, 0.2) is 0 Å². The quantitative estimate of drug-likeness (QED) is 0.491. The molecule has 0 saturated carbocycles. The molecule has 0 saturated heterocycles. The number of rotatable bonds is 3. The molecule has 1 aliphatic rings. The molecule has 0 bridgehead atoms. The molecular formula is C9H14O2. The maximum atomic E-state index is 10.7. The molecule has 0 aromatic rings. The van der Waals surface area contributed by atoms with E-state index < -0.39 is 0 Å². The van der Waals surface area contributed by atoms with Gasteiger partial charge in [-0.05, 0) is 25.7 Å². The van der Waals surface area contributed by atoms with Gasteiger partial charge in [0.05, 0.1) is 0 Å². The van der Waals surface area contributed by atoms with Crippen molar-refractivity contribution in [2.24, 2.45) is 5.41 Å². The van der Waals surface area contributed by atoms with Gasteiger partial charge in [0.2, 0.25) is 0 Å². The van der Waals surface area contributed by atoms with Gasteiger partial charge in [-0.3, -0.25) is 0 Å². The van der Waals surface area contributed by atoms with E-state index in [1.807, 2.05) is 6.08 Å². The second-order valence-electron chi connectivity index (χ2n) is 3.17. The van der Waals surface area contributed by atoms with Gasteiger partial charge < -0.3 is 9.90 Å². The summed E-state index contributed by atoms with van der Waals surface area (Å²) in [5.41, 5.74) is -0.247. The van der Waals surface area contributed by atoms with Crippen LogP contribution in [0, 0.1) is 5.41 Å². The lowest BCUT2D eigenvalue weighted by Gasteiger charge is -2.27. The van der Waals surface area contributed by atoms with Crippen LogP contribution in [0.5, 0.6) is 0 Å². The highest BCUT2D eigenvalue weighted by Crippen LogP contribution is 2.33. The SMILES string of the molecule is O=CC1(CCO)CC=CCC1. The predicted molar refractivity (Wildman–Crippen MR) is 43.2 cm³/mol. The monoisotopic (exact) mass is 154 g/mol. The molecule has 62 valence electrons. The molecule has 1 rings (SSSR count). The molecule has 1 unspecified atom stereocenters. The summed E-state index contributed by atoms with van der Waals surface area (Å²) in [7, 11) is 0. The molecule has 11 heavy (non-hydrogen) atoms. The molecular weight excluding hydrogens is 140 g/mol. The molecule has 1 aliphatic carbocycles. The van der Waals surface area contributed by atoms with Crippen LogP contribution in [0.3, 0.4) is 0 Å². The average molecular weight is 154 g/mol.